The van der Waals surface area contributed by atoms with Crippen molar-refractivity contribution < 1.29 is 19.0 Å². The number of tetrazole rings is 1. The molecule has 9 nitrogen and oxygen atoms in total. The van der Waals surface area contributed by atoms with E-state index in [0.717, 1.165) is 15.6 Å². The van der Waals surface area contributed by atoms with Crippen LogP contribution in [0.5, 0.6) is 11.5 Å². The molecule has 178 valence electrons. The van der Waals surface area contributed by atoms with Gasteiger partial charge >= 0.3 is 5.97 Å². The summed E-state index contributed by atoms with van der Waals surface area (Å²) >= 11 is 3.44. The van der Waals surface area contributed by atoms with Gasteiger partial charge in [0.2, 0.25) is 5.95 Å². The molecule has 4 rings (SSSR count). The second kappa shape index (κ2) is 10.3. The van der Waals surface area contributed by atoms with Crippen LogP contribution in [0.3, 0.4) is 0 Å². The first-order chi connectivity index (χ1) is 16.4. The molecule has 34 heavy (non-hydrogen) atoms. The number of allylic oxidation sites excluding steroid dienone is 1. The number of esters is 1. The number of benzene rings is 2. The molecule has 10 heteroatoms. The van der Waals surface area contributed by atoms with Gasteiger partial charge in [0.05, 0.1) is 18.3 Å². The van der Waals surface area contributed by atoms with Gasteiger partial charge in [-0.2, -0.15) is 4.68 Å². The van der Waals surface area contributed by atoms with Gasteiger partial charge in [-0.1, -0.05) is 39.2 Å². The lowest BCUT2D eigenvalue weighted by Gasteiger charge is -2.28. The predicted molar refractivity (Wildman–Crippen MR) is 130 cm³/mol. The first-order valence-corrected chi connectivity index (χ1v) is 11.8. The molecule has 0 radical (unpaired) electrons. The van der Waals surface area contributed by atoms with Crippen molar-refractivity contribution >= 4 is 27.8 Å². The Morgan fingerprint density at radius 2 is 1.91 bits per heavy atom. The second-order valence-electron chi connectivity index (χ2n) is 8.02. The largest absolute Gasteiger partial charge is 0.490 e. The summed E-state index contributed by atoms with van der Waals surface area (Å²) in [5.74, 6) is 1.18. The summed E-state index contributed by atoms with van der Waals surface area (Å²) < 4.78 is 20.0. The quantitative estimate of drug-likeness (QED) is 0.422. The van der Waals surface area contributed by atoms with Crippen LogP contribution in [-0.2, 0) is 16.1 Å². The Kier molecular flexibility index (Phi) is 7.16. The van der Waals surface area contributed by atoms with E-state index in [1.165, 1.54) is 0 Å². The number of ether oxygens (including phenoxy) is 3. The first-order valence-electron chi connectivity index (χ1n) is 11.0. The van der Waals surface area contributed by atoms with Crippen LogP contribution in [0.15, 0.2) is 58.2 Å². The van der Waals surface area contributed by atoms with E-state index in [2.05, 4.69) is 36.8 Å². The molecule has 0 spiro atoms. The first kappa shape index (κ1) is 23.7. The van der Waals surface area contributed by atoms with Crippen molar-refractivity contribution in [2.75, 3.05) is 11.9 Å². The monoisotopic (exact) mass is 527 g/mol. The van der Waals surface area contributed by atoms with E-state index >= 15 is 0 Å². The van der Waals surface area contributed by atoms with Crippen LogP contribution >= 0.6 is 15.9 Å². The summed E-state index contributed by atoms with van der Waals surface area (Å²) in [5.41, 5.74) is 2.86. The number of halogens is 1. The van der Waals surface area contributed by atoms with Gasteiger partial charge in [-0.15, -0.1) is 0 Å². The maximum absolute atomic E-state index is 13.0. The van der Waals surface area contributed by atoms with Crippen LogP contribution in [0.2, 0.25) is 0 Å². The van der Waals surface area contributed by atoms with Crippen LogP contribution < -0.4 is 14.8 Å². The zero-order chi connectivity index (χ0) is 24.2. The summed E-state index contributed by atoms with van der Waals surface area (Å²) in [5, 5.41) is 15.0. The highest BCUT2D eigenvalue weighted by atomic mass is 79.9. The van der Waals surface area contributed by atoms with Crippen molar-refractivity contribution in [2.45, 2.75) is 46.4 Å². The van der Waals surface area contributed by atoms with Gasteiger partial charge in [0.15, 0.2) is 11.5 Å². The normalized spacial score (nSPS) is 15.1. The molecule has 1 unspecified atom stereocenters. The summed E-state index contributed by atoms with van der Waals surface area (Å²) in [7, 11) is 0. The molecule has 1 N–H and O–H groups in total. The highest BCUT2D eigenvalue weighted by Gasteiger charge is 2.35. The van der Waals surface area contributed by atoms with Crippen LogP contribution in [0.1, 0.15) is 44.9 Å². The average Bonchev–Trinajstić information content (AvgIpc) is 3.26. The van der Waals surface area contributed by atoms with E-state index in [9.17, 15) is 4.79 Å². The molecule has 0 fully saturated rings. The number of carbonyl (C=O) groups is 1. The van der Waals surface area contributed by atoms with Crippen LogP contribution in [0.4, 0.5) is 5.95 Å². The molecule has 1 aromatic heterocycles. The zero-order valence-electron chi connectivity index (χ0n) is 19.4. The molecule has 0 saturated carbocycles. The molecule has 1 aliphatic rings. The van der Waals surface area contributed by atoms with Crippen LogP contribution in [0.25, 0.3) is 0 Å². The molecular formula is C24H26BrN5O4. The van der Waals surface area contributed by atoms with E-state index in [0.29, 0.717) is 41.9 Å². The van der Waals surface area contributed by atoms with E-state index < -0.39 is 12.0 Å². The highest BCUT2D eigenvalue weighted by molar-refractivity contribution is 9.10. The summed E-state index contributed by atoms with van der Waals surface area (Å²) in [6.45, 7) is 8.18. The van der Waals surface area contributed by atoms with Gasteiger partial charge < -0.3 is 19.5 Å². The minimum absolute atomic E-state index is 0.267. The van der Waals surface area contributed by atoms with Crippen molar-refractivity contribution in [1.29, 1.82) is 0 Å². The van der Waals surface area contributed by atoms with Crippen LogP contribution in [-0.4, -0.2) is 38.9 Å². The zero-order valence-corrected chi connectivity index (χ0v) is 21.0. The van der Waals surface area contributed by atoms with E-state index in [1.54, 1.807) is 11.6 Å². The van der Waals surface area contributed by atoms with Gasteiger partial charge in [-0.3, -0.25) is 0 Å². The number of hydrogen-bond donors (Lipinski definition) is 1. The van der Waals surface area contributed by atoms with Gasteiger partial charge in [0.1, 0.15) is 12.6 Å². The van der Waals surface area contributed by atoms with Crippen molar-refractivity contribution in [1.82, 2.24) is 20.2 Å². The Bertz CT molecular complexity index is 1210. The number of nitrogens with one attached hydrogen (secondary N) is 1. The topological polar surface area (TPSA) is 100 Å². The van der Waals surface area contributed by atoms with Gasteiger partial charge in [0, 0.05) is 10.2 Å². The lowest BCUT2D eigenvalue weighted by Crippen LogP contribution is -2.30. The number of anilines is 1. The highest BCUT2D eigenvalue weighted by Crippen LogP contribution is 2.39. The third kappa shape index (κ3) is 5.06. The Balaban J connectivity index is 1.69. The minimum atomic E-state index is -0.586. The fourth-order valence-electron chi connectivity index (χ4n) is 3.69. The molecule has 0 aliphatic carbocycles. The van der Waals surface area contributed by atoms with E-state index in [4.69, 9.17) is 14.2 Å². The van der Waals surface area contributed by atoms with Gasteiger partial charge in [0.25, 0.3) is 0 Å². The van der Waals surface area contributed by atoms with Gasteiger partial charge in [-0.25, -0.2) is 4.79 Å². The number of nitrogens with zero attached hydrogens (tertiary/aromatic N) is 4. The minimum Gasteiger partial charge on any atom is -0.490 e. The predicted octanol–water partition coefficient (Wildman–Crippen LogP) is 4.65. The number of fused-ring (bicyclic) bond motifs is 1. The smallest absolute Gasteiger partial charge is 0.338 e. The van der Waals surface area contributed by atoms with Crippen molar-refractivity contribution in [3.05, 3.63) is 69.3 Å². The SMILES string of the molecule is CCOc1cc(C2C(C(=O)OC(C)C)=C(C)Nc3nnnn32)ccc1OCc1ccc(Br)cc1. The Morgan fingerprint density at radius 1 is 1.15 bits per heavy atom. The third-order valence-corrected chi connectivity index (χ3v) is 5.70. The Morgan fingerprint density at radius 3 is 2.62 bits per heavy atom. The fourth-order valence-corrected chi connectivity index (χ4v) is 3.95. The van der Waals surface area contributed by atoms with E-state index in [-0.39, 0.29) is 6.10 Å². The van der Waals surface area contributed by atoms with E-state index in [1.807, 2.05) is 63.2 Å². The number of hydrogen-bond acceptors (Lipinski definition) is 8. The molecule has 0 bridgehead atoms. The van der Waals surface area contributed by atoms with Crippen molar-refractivity contribution in [3.63, 3.8) is 0 Å². The number of rotatable bonds is 8. The fraction of sp³-hybridized carbons (Fsp3) is 0.333. The standard InChI is InChI=1S/C24H26BrN5O4/c1-5-32-20-12-17(8-11-19(20)33-13-16-6-9-18(25)10-7-16)22-21(23(31)34-14(2)3)15(4)26-24-27-28-29-30(22)24/h6-12,14,22H,5,13H2,1-4H3,(H,26,27,29). The molecule has 3 aromatic rings. The summed E-state index contributed by atoms with van der Waals surface area (Å²) in [4.78, 5) is 13.0. The summed E-state index contributed by atoms with van der Waals surface area (Å²) in [6.07, 6.45) is -0.267. The molecule has 1 atom stereocenters. The Labute approximate surface area is 206 Å². The molecule has 0 saturated heterocycles. The second-order valence-corrected chi connectivity index (χ2v) is 8.94. The van der Waals surface area contributed by atoms with Gasteiger partial charge in [-0.05, 0) is 73.5 Å². The maximum atomic E-state index is 13.0. The number of aromatic nitrogens is 4. The molecule has 2 aromatic carbocycles. The Hall–Kier alpha value is -3.40. The average molecular weight is 528 g/mol. The maximum Gasteiger partial charge on any atom is 0.338 e. The van der Waals surface area contributed by atoms with Crippen molar-refractivity contribution in [2.24, 2.45) is 0 Å². The van der Waals surface area contributed by atoms with Crippen LogP contribution in [0, 0.1) is 0 Å². The molecule has 0 amide bonds. The molecule has 1 aliphatic heterocycles. The lowest BCUT2D eigenvalue weighted by atomic mass is 9.95. The molecular weight excluding hydrogens is 502 g/mol. The summed E-state index contributed by atoms with van der Waals surface area (Å²) in [6, 6.07) is 12.9. The number of carbonyl (C=O) groups excluding carboxylic acids is 1. The van der Waals surface area contributed by atoms with Crippen molar-refractivity contribution in [3.8, 4) is 11.5 Å². The lowest BCUT2D eigenvalue weighted by molar-refractivity contribution is -0.143. The third-order valence-electron chi connectivity index (χ3n) is 5.17. The molecule has 2 heterocycles.